The van der Waals surface area contributed by atoms with Gasteiger partial charge in [-0.25, -0.2) is 0 Å². The first kappa shape index (κ1) is 9.26. The smallest absolute Gasteiger partial charge is 0.0707 e. The number of fused-ring (bicyclic) bond motifs is 2. The van der Waals surface area contributed by atoms with Crippen LogP contribution in [0.3, 0.4) is 0 Å². The Morgan fingerprint density at radius 3 is 3.09 bits per heavy atom. The number of aliphatic hydroxyl groups excluding tert-OH is 1. The fraction of sp³-hybridized carbons (Fsp3) is 1.00. The number of nitrogens with one attached hydrogen (secondary N) is 1. The quantitative estimate of drug-likeness (QED) is 0.585. The monoisotopic (exact) mass is 179 g/mol. The minimum atomic E-state index is 0. The Balaban J connectivity index is 0.000000605. The van der Waals surface area contributed by atoms with E-state index >= 15 is 0 Å². The molecule has 2 aliphatic rings. The van der Waals surface area contributed by atoms with E-state index in [-0.39, 0.29) is 24.4 Å². The Labute approximate surface area is 72.5 Å². The number of hydrogen-bond donors (Lipinski definition) is 2. The molecular weight excluding hydrogens is 166 g/mol. The third-order valence-corrected chi connectivity index (χ3v) is 2.49. The molecule has 2 unspecified atom stereocenters. The van der Waals surface area contributed by atoms with Crippen molar-refractivity contribution in [2.24, 2.45) is 5.41 Å². The van der Waals surface area contributed by atoms with Crippen LogP contribution < -0.4 is 5.32 Å². The van der Waals surface area contributed by atoms with Crippen LogP contribution in [0.2, 0.25) is 0 Å². The van der Waals surface area contributed by atoms with Gasteiger partial charge >= 0.3 is 0 Å². The molecule has 0 radical (unpaired) electrons. The van der Waals surface area contributed by atoms with E-state index in [9.17, 15) is 0 Å². The highest BCUT2D eigenvalue weighted by Gasteiger charge is 2.42. The van der Waals surface area contributed by atoms with Crippen LogP contribution in [0.15, 0.2) is 0 Å². The van der Waals surface area contributed by atoms with Crippen molar-refractivity contribution < 1.29 is 9.84 Å². The van der Waals surface area contributed by atoms with E-state index < -0.39 is 0 Å². The fourth-order valence-corrected chi connectivity index (χ4v) is 1.81. The van der Waals surface area contributed by atoms with Crippen LogP contribution in [0.4, 0.5) is 0 Å². The molecule has 66 valence electrons. The third kappa shape index (κ3) is 1.51. The predicted molar refractivity (Wildman–Crippen MR) is 44.0 cm³/mol. The molecule has 0 aliphatic carbocycles. The van der Waals surface area contributed by atoms with Crippen molar-refractivity contribution in [3.05, 3.63) is 0 Å². The summed E-state index contributed by atoms with van der Waals surface area (Å²) in [5, 5.41) is 12.3. The van der Waals surface area contributed by atoms with Crippen LogP contribution in [-0.2, 0) is 4.74 Å². The van der Waals surface area contributed by atoms with Crippen LogP contribution in [-0.4, -0.2) is 37.5 Å². The van der Waals surface area contributed by atoms with E-state index in [0.717, 1.165) is 26.1 Å². The van der Waals surface area contributed by atoms with Crippen LogP contribution in [0.1, 0.15) is 6.42 Å². The van der Waals surface area contributed by atoms with E-state index in [1.54, 1.807) is 0 Å². The zero-order chi connectivity index (χ0) is 7.03. The molecule has 2 rings (SSSR count). The average Bonchev–Trinajstić information content (AvgIpc) is 2.29. The van der Waals surface area contributed by atoms with Crippen molar-refractivity contribution in [1.29, 1.82) is 0 Å². The molecule has 2 aliphatic heterocycles. The number of hydrogen-bond acceptors (Lipinski definition) is 3. The second-order valence-electron chi connectivity index (χ2n) is 3.43. The summed E-state index contributed by atoms with van der Waals surface area (Å²) < 4.78 is 5.45. The molecule has 0 aromatic rings. The Morgan fingerprint density at radius 1 is 1.64 bits per heavy atom. The van der Waals surface area contributed by atoms with Crippen molar-refractivity contribution in [2.75, 3.05) is 26.3 Å². The van der Waals surface area contributed by atoms with Crippen molar-refractivity contribution in [3.8, 4) is 0 Å². The molecule has 0 amide bonds. The van der Waals surface area contributed by atoms with E-state index in [1.807, 2.05) is 0 Å². The highest BCUT2D eigenvalue weighted by molar-refractivity contribution is 5.85. The van der Waals surface area contributed by atoms with Gasteiger partial charge in [0.05, 0.1) is 19.3 Å². The molecule has 2 saturated heterocycles. The molecule has 11 heavy (non-hydrogen) atoms. The van der Waals surface area contributed by atoms with Crippen LogP contribution in [0, 0.1) is 5.41 Å². The molecule has 0 aromatic heterocycles. The second-order valence-corrected chi connectivity index (χ2v) is 3.43. The van der Waals surface area contributed by atoms with Gasteiger partial charge in [0.2, 0.25) is 0 Å². The minimum absolute atomic E-state index is 0. The molecule has 2 fully saturated rings. The normalized spacial score (nSPS) is 41.7. The second kappa shape index (κ2) is 3.27. The number of ether oxygens (including phenoxy) is 1. The number of piperidine rings is 1. The minimum Gasteiger partial charge on any atom is -0.396 e. The summed E-state index contributed by atoms with van der Waals surface area (Å²) in [6.45, 7) is 2.87. The molecule has 0 aromatic carbocycles. The molecule has 3 nitrogen and oxygen atoms in total. The Hall–Kier alpha value is 0.170. The molecule has 4 heteroatoms. The van der Waals surface area contributed by atoms with Crippen LogP contribution in [0.5, 0.6) is 0 Å². The van der Waals surface area contributed by atoms with Crippen molar-refractivity contribution >= 4 is 12.4 Å². The van der Waals surface area contributed by atoms with Crippen molar-refractivity contribution in [3.63, 3.8) is 0 Å². The van der Waals surface area contributed by atoms with Gasteiger partial charge in [0.1, 0.15) is 0 Å². The van der Waals surface area contributed by atoms with E-state index in [1.165, 1.54) is 0 Å². The lowest BCUT2D eigenvalue weighted by atomic mass is 9.84. The van der Waals surface area contributed by atoms with Gasteiger partial charge in [-0.05, 0) is 6.42 Å². The summed E-state index contributed by atoms with van der Waals surface area (Å²) in [7, 11) is 0. The van der Waals surface area contributed by atoms with Gasteiger partial charge in [-0.1, -0.05) is 0 Å². The first-order chi connectivity index (χ1) is 4.85. The summed E-state index contributed by atoms with van der Waals surface area (Å²) >= 11 is 0. The summed E-state index contributed by atoms with van der Waals surface area (Å²) in [6.07, 6.45) is 1.40. The fourth-order valence-electron chi connectivity index (χ4n) is 1.81. The van der Waals surface area contributed by atoms with Gasteiger partial charge in [-0.2, -0.15) is 0 Å². The van der Waals surface area contributed by atoms with Gasteiger partial charge in [0.15, 0.2) is 0 Å². The van der Waals surface area contributed by atoms with E-state index in [2.05, 4.69) is 5.32 Å². The standard InChI is InChI=1S/C7H13NO2.ClH/c9-4-7-1-6(10-5-7)2-8-3-7;/h6,8-9H,1-5H2;1H. The van der Waals surface area contributed by atoms with Gasteiger partial charge < -0.3 is 15.2 Å². The maximum atomic E-state index is 9.05. The number of aliphatic hydroxyl groups is 1. The van der Waals surface area contributed by atoms with Gasteiger partial charge in [-0.3, -0.25) is 0 Å². The average molecular weight is 180 g/mol. The molecular formula is C7H14ClNO2. The lowest BCUT2D eigenvalue weighted by Crippen LogP contribution is -2.44. The van der Waals surface area contributed by atoms with Gasteiger partial charge in [-0.15, -0.1) is 12.4 Å². The summed E-state index contributed by atoms with van der Waals surface area (Å²) in [6, 6.07) is 0. The lowest BCUT2D eigenvalue weighted by molar-refractivity contribution is 0.0933. The Bertz CT molecular complexity index is 140. The van der Waals surface area contributed by atoms with Gasteiger partial charge in [0.25, 0.3) is 0 Å². The Morgan fingerprint density at radius 2 is 2.45 bits per heavy atom. The Kier molecular flexibility index (Phi) is 2.75. The zero-order valence-electron chi connectivity index (χ0n) is 6.38. The summed E-state index contributed by atoms with van der Waals surface area (Å²) in [5.74, 6) is 0. The van der Waals surface area contributed by atoms with Crippen molar-refractivity contribution in [1.82, 2.24) is 5.32 Å². The topological polar surface area (TPSA) is 41.5 Å². The first-order valence-electron chi connectivity index (χ1n) is 3.78. The molecule has 2 bridgehead atoms. The molecule has 0 spiro atoms. The zero-order valence-corrected chi connectivity index (χ0v) is 7.19. The summed E-state index contributed by atoms with van der Waals surface area (Å²) in [5.41, 5.74) is 0.0584. The molecule has 0 saturated carbocycles. The van der Waals surface area contributed by atoms with Crippen LogP contribution >= 0.6 is 12.4 Å². The lowest BCUT2D eigenvalue weighted by Gasteiger charge is -2.28. The first-order valence-corrected chi connectivity index (χ1v) is 3.78. The SMILES string of the molecule is Cl.OCC12CNCC(C1)OC2. The molecule has 2 heterocycles. The maximum Gasteiger partial charge on any atom is 0.0707 e. The third-order valence-electron chi connectivity index (χ3n) is 2.49. The van der Waals surface area contributed by atoms with Gasteiger partial charge in [0, 0.05) is 18.5 Å². The molecule has 2 N–H and O–H groups in total. The van der Waals surface area contributed by atoms with Crippen molar-refractivity contribution in [2.45, 2.75) is 12.5 Å². The molecule has 2 atom stereocenters. The number of halogens is 1. The maximum absolute atomic E-state index is 9.05. The highest BCUT2D eigenvalue weighted by Crippen LogP contribution is 2.33. The predicted octanol–water partition coefficient (Wildman–Crippen LogP) is -0.221. The van der Waals surface area contributed by atoms with E-state index in [4.69, 9.17) is 9.84 Å². The largest absolute Gasteiger partial charge is 0.396 e. The van der Waals surface area contributed by atoms with E-state index in [0.29, 0.717) is 6.10 Å². The summed E-state index contributed by atoms with van der Waals surface area (Å²) in [4.78, 5) is 0. The van der Waals surface area contributed by atoms with Crippen LogP contribution in [0.25, 0.3) is 0 Å². The number of rotatable bonds is 1. The highest BCUT2D eigenvalue weighted by atomic mass is 35.5.